The van der Waals surface area contributed by atoms with Crippen LogP contribution in [0.3, 0.4) is 0 Å². The smallest absolute Gasteiger partial charge is 0.459 e. The van der Waals surface area contributed by atoms with Gasteiger partial charge in [0.05, 0.1) is 6.54 Å². The molecule has 0 saturated carbocycles. The molecule has 14 heteroatoms. The highest BCUT2D eigenvalue weighted by atomic mass is 19.4. The van der Waals surface area contributed by atoms with E-state index in [1.165, 1.54) is 4.90 Å². The number of nitrogens with one attached hydrogen (secondary N) is 1. The van der Waals surface area contributed by atoms with Gasteiger partial charge in [-0.25, -0.2) is 9.59 Å². The predicted octanol–water partition coefficient (Wildman–Crippen LogP) is 6.31. The fraction of sp³-hybridized carbons (Fsp3) is 0.500. The average Bonchev–Trinajstić information content (AvgIpc) is 2.93. The van der Waals surface area contributed by atoms with E-state index in [0.717, 1.165) is 5.56 Å². The number of alkyl halides is 7. The Labute approximate surface area is 238 Å². The summed E-state index contributed by atoms with van der Waals surface area (Å²) in [6.45, 7) is 1.73. The molecule has 2 aromatic carbocycles. The Bertz CT molecular complexity index is 1120. The molecule has 1 unspecified atom stereocenters. The fourth-order valence-corrected chi connectivity index (χ4v) is 3.84. The molecule has 2 amide bonds. The molecule has 0 aliphatic rings. The number of rotatable bonds is 17. The van der Waals surface area contributed by atoms with Crippen molar-refractivity contribution < 1.29 is 54.9 Å². The first-order valence-corrected chi connectivity index (χ1v) is 13.1. The van der Waals surface area contributed by atoms with Gasteiger partial charge in [-0.15, -0.1) is 0 Å². The number of carbonyl (C=O) groups excluding carboxylic acids is 1. The number of carboxylic acids is 1. The van der Waals surface area contributed by atoms with Gasteiger partial charge in [0.25, 0.3) is 0 Å². The van der Waals surface area contributed by atoms with Gasteiger partial charge in [0.1, 0.15) is 12.4 Å². The van der Waals surface area contributed by atoms with Crippen LogP contribution in [-0.2, 0) is 22.5 Å². The van der Waals surface area contributed by atoms with Gasteiger partial charge < -0.3 is 24.8 Å². The third kappa shape index (κ3) is 10.4. The average molecular weight is 611 g/mol. The van der Waals surface area contributed by atoms with Gasteiger partial charge in [-0.2, -0.15) is 30.7 Å². The van der Waals surface area contributed by atoms with Gasteiger partial charge in [0.2, 0.25) is 0 Å². The molecule has 2 rings (SSSR count). The predicted molar refractivity (Wildman–Crippen MR) is 139 cm³/mol. The van der Waals surface area contributed by atoms with Crippen LogP contribution < -0.4 is 10.1 Å². The number of urea groups is 1. The van der Waals surface area contributed by atoms with Crippen LogP contribution in [-0.4, -0.2) is 72.4 Å². The topological polar surface area (TPSA) is 88.1 Å². The standard InChI is InChI=1S/C28H33F7N2O5/c1-2-41-23(24(38)39)18-20-10-12-22(13-11-20)42-17-16-37(25(40)36-19-21-8-4-3-5-9-21)15-7-6-14-26(29,30)27(31,32)28(33,34)35/h3-5,8-13,23H,2,6-7,14-19H2,1H3,(H,36,40)(H,38,39). The van der Waals surface area contributed by atoms with Gasteiger partial charge >= 0.3 is 30.0 Å². The van der Waals surface area contributed by atoms with E-state index in [2.05, 4.69) is 5.32 Å². The highest BCUT2D eigenvalue weighted by molar-refractivity contribution is 5.74. The molecule has 0 heterocycles. The Morgan fingerprint density at radius 1 is 0.905 bits per heavy atom. The zero-order valence-electron chi connectivity index (χ0n) is 22.8. The summed E-state index contributed by atoms with van der Waals surface area (Å²) in [4.78, 5) is 25.2. The number of amides is 2. The third-order valence-electron chi connectivity index (χ3n) is 6.18. The number of unbranched alkanes of at least 4 members (excludes halogenated alkanes) is 1. The summed E-state index contributed by atoms with van der Waals surface area (Å²) >= 11 is 0. The van der Waals surface area contributed by atoms with Crippen molar-refractivity contribution in [3.05, 3.63) is 65.7 Å². The van der Waals surface area contributed by atoms with Crippen LogP contribution >= 0.6 is 0 Å². The number of carboxylic acid groups (broad SMARTS) is 1. The van der Waals surface area contributed by atoms with Crippen molar-refractivity contribution in [1.82, 2.24) is 10.2 Å². The maximum Gasteiger partial charge on any atom is 0.459 e. The molecule has 1 atom stereocenters. The SMILES string of the molecule is CCOC(Cc1ccc(OCCN(CCCCC(F)(F)C(F)(F)C(F)(F)F)C(=O)NCc2ccccc2)cc1)C(=O)O. The first-order valence-electron chi connectivity index (χ1n) is 13.1. The van der Waals surface area contributed by atoms with Crippen molar-refractivity contribution in [2.24, 2.45) is 0 Å². The zero-order valence-corrected chi connectivity index (χ0v) is 22.8. The molecule has 0 aromatic heterocycles. The van der Waals surface area contributed by atoms with Crippen molar-refractivity contribution in [2.75, 3.05) is 26.3 Å². The highest BCUT2D eigenvalue weighted by Gasteiger charge is 2.72. The summed E-state index contributed by atoms with van der Waals surface area (Å²) in [5, 5.41) is 11.9. The number of nitrogens with zero attached hydrogens (tertiary/aromatic N) is 1. The van der Waals surface area contributed by atoms with Crippen molar-refractivity contribution in [3.8, 4) is 5.75 Å². The summed E-state index contributed by atoms with van der Waals surface area (Å²) < 4.78 is 102. The van der Waals surface area contributed by atoms with Crippen molar-refractivity contribution in [1.29, 1.82) is 0 Å². The normalized spacial score (nSPS) is 13.0. The maximum absolute atomic E-state index is 13.6. The van der Waals surface area contributed by atoms with Gasteiger partial charge in [-0.1, -0.05) is 42.5 Å². The van der Waals surface area contributed by atoms with Gasteiger partial charge in [0.15, 0.2) is 6.10 Å². The molecule has 0 spiro atoms. The van der Waals surface area contributed by atoms with Gasteiger partial charge in [0, 0.05) is 32.5 Å². The fourth-order valence-electron chi connectivity index (χ4n) is 3.84. The number of benzene rings is 2. The second-order valence-electron chi connectivity index (χ2n) is 9.34. The van der Waals surface area contributed by atoms with Crippen LogP contribution in [0.15, 0.2) is 54.6 Å². The minimum absolute atomic E-state index is 0.0527. The van der Waals surface area contributed by atoms with E-state index in [9.17, 15) is 45.4 Å². The number of aliphatic carboxylic acids is 1. The molecule has 42 heavy (non-hydrogen) atoms. The van der Waals surface area contributed by atoms with E-state index in [0.29, 0.717) is 11.3 Å². The van der Waals surface area contributed by atoms with Crippen LogP contribution in [0.4, 0.5) is 35.5 Å². The first-order chi connectivity index (χ1) is 19.7. The molecular formula is C28H33F7N2O5. The minimum Gasteiger partial charge on any atom is -0.492 e. The molecule has 0 bridgehead atoms. The third-order valence-corrected chi connectivity index (χ3v) is 6.18. The van der Waals surface area contributed by atoms with Crippen molar-refractivity contribution in [3.63, 3.8) is 0 Å². The molecule has 2 aromatic rings. The van der Waals surface area contributed by atoms with Crippen LogP contribution in [0.2, 0.25) is 0 Å². The molecule has 234 valence electrons. The summed E-state index contributed by atoms with van der Waals surface area (Å²) in [6, 6.07) is 14.7. The van der Waals surface area contributed by atoms with Crippen molar-refractivity contribution >= 4 is 12.0 Å². The van der Waals surface area contributed by atoms with E-state index >= 15 is 0 Å². The van der Waals surface area contributed by atoms with Crippen LogP contribution in [0.25, 0.3) is 0 Å². The maximum atomic E-state index is 13.6. The lowest BCUT2D eigenvalue weighted by Crippen LogP contribution is -2.51. The number of carbonyl (C=O) groups is 2. The first kappa shape index (κ1) is 34.7. The highest BCUT2D eigenvalue weighted by Crippen LogP contribution is 2.48. The van der Waals surface area contributed by atoms with Crippen LogP contribution in [0.5, 0.6) is 5.75 Å². The monoisotopic (exact) mass is 610 g/mol. The number of ether oxygens (including phenoxy) is 2. The molecule has 0 aliphatic carbocycles. The van der Waals surface area contributed by atoms with E-state index in [-0.39, 0.29) is 45.7 Å². The van der Waals surface area contributed by atoms with Gasteiger partial charge in [-0.05, 0) is 43.0 Å². The molecule has 2 N–H and O–H groups in total. The Morgan fingerprint density at radius 3 is 2.12 bits per heavy atom. The van der Waals surface area contributed by atoms with E-state index in [1.807, 2.05) is 0 Å². The molecule has 0 radical (unpaired) electrons. The largest absolute Gasteiger partial charge is 0.492 e. The lowest BCUT2D eigenvalue weighted by molar-refractivity contribution is -0.355. The Kier molecular flexibility index (Phi) is 12.9. The molecule has 0 fully saturated rings. The summed E-state index contributed by atoms with van der Waals surface area (Å²) in [5.41, 5.74) is 1.45. The summed E-state index contributed by atoms with van der Waals surface area (Å²) in [7, 11) is 0. The van der Waals surface area contributed by atoms with Gasteiger partial charge in [-0.3, -0.25) is 0 Å². The Hall–Kier alpha value is -3.55. The Morgan fingerprint density at radius 2 is 1.55 bits per heavy atom. The minimum atomic E-state index is -6.39. The zero-order chi connectivity index (χ0) is 31.4. The van der Waals surface area contributed by atoms with Crippen LogP contribution in [0, 0.1) is 0 Å². The molecular weight excluding hydrogens is 577 g/mol. The summed E-state index contributed by atoms with van der Waals surface area (Å²) in [5.74, 6) is -12.2. The lowest BCUT2D eigenvalue weighted by atomic mass is 10.0. The lowest BCUT2D eigenvalue weighted by Gasteiger charge is -2.28. The van der Waals surface area contributed by atoms with Crippen LogP contribution in [0.1, 0.15) is 37.3 Å². The van der Waals surface area contributed by atoms with E-state index in [4.69, 9.17) is 9.47 Å². The van der Waals surface area contributed by atoms with Crippen molar-refractivity contribution in [2.45, 2.75) is 63.3 Å². The van der Waals surface area contributed by atoms with E-state index < -0.39 is 49.0 Å². The molecule has 0 saturated heterocycles. The molecule has 7 nitrogen and oxygen atoms in total. The quantitative estimate of drug-likeness (QED) is 0.162. The molecule has 0 aliphatic heterocycles. The van der Waals surface area contributed by atoms with E-state index in [1.54, 1.807) is 61.5 Å². The second kappa shape index (κ2) is 15.6. The Balaban J connectivity index is 1.96. The second-order valence-corrected chi connectivity index (χ2v) is 9.34. The number of hydrogen-bond donors (Lipinski definition) is 2. The number of hydrogen-bond acceptors (Lipinski definition) is 4. The summed E-state index contributed by atoms with van der Waals surface area (Å²) in [6.07, 6.45) is -9.94. The number of halogens is 7.